The number of benzene rings is 2. The van der Waals surface area contributed by atoms with Gasteiger partial charge in [-0.1, -0.05) is 35.9 Å². The molecule has 0 aliphatic rings. The van der Waals surface area contributed by atoms with Crippen LogP contribution in [-0.4, -0.2) is 18.9 Å². The van der Waals surface area contributed by atoms with Crippen LogP contribution in [0.25, 0.3) is 0 Å². The molecule has 0 radical (unpaired) electrons. The van der Waals surface area contributed by atoms with Gasteiger partial charge in [-0.05, 0) is 44.5 Å². The third kappa shape index (κ3) is 4.55. The molecule has 0 fully saturated rings. The molecule has 2 rings (SSSR count). The first-order chi connectivity index (χ1) is 12.3. The molecule has 2 aromatic carbocycles. The molecular formula is C20H23ClN2O3. The molecule has 0 unspecified atom stereocenters. The minimum absolute atomic E-state index is 0.274. The van der Waals surface area contributed by atoms with Gasteiger partial charge < -0.3 is 15.4 Å². The summed E-state index contributed by atoms with van der Waals surface area (Å²) in [6, 6.07) is 12.6. The SMILES string of the molecule is COc1ccccc1CNC(=O)C(C)(C)C(=O)Nc1cc(Cl)ccc1C. The Hall–Kier alpha value is -2.53. The van der Waals surface area contributed by atoms with Gasteiger partial charge in [-0.15, -0.1) is 0 Å². The molecule has 0 saturated carbocycles. The maximum atomic E-state index is 12.6. The second-order valence-corrected chi connectivity index (χ2v) is 6.97. The third-order valence-corrected chi connectivity index (χ3v) is 4.45. The number of halogens is 1. The lowest BCUT2D eigenvalue weighted by molar-refractivity contribution is -0.138. The molecular weight excluding hydrogens is 352 g/mol. The van der Waals surface area contributed by atoms with E-state index in [1.54, 1.807) is 33.1 Å². The minimum atomic E-state index is -1.25. The first-order valence-corrected chi connectivity index (χ1v) is 8.61. The highest BCUT2D eigenvalue weighted by Gasteiger charge is 2.36. The Morgan fingerprint density at radius 2 is 1.81 bits per heavy atom. The summed E-state index contributed by atoms with van der Waals surface area (Å²) in [6.45, 7) is 5.30. The van der Waals surface area contributed by atoms with Crippen LogP contribution < -0.4 is 15.4 Å². The van der Waals surface area contributed by atoms with Crippen LogP contribution in [0, 0.1) is 12.3 Å². The number of hydrogen-bond acceptors (Lipinski definition) is 3. The predicted octanol–water partition coefficient (Wildman–Crippen LogP) is 3.94. The average Bonchev–Trinajstić information content (AvgIpc) is 2.62. The Morgan fingerprint density at radius 1 is 1.12 bits per heavy atom. The standard InChI is InChI=1S/C20H23ClN2O3/c1-13-9-10-15(21)11-16(13)23-19(25)20(2,3)18(24)22-12-14-7-5-6-8-17(14)26-4/h5-11H,12H2,1-4H3,(H,22,24)(H,23,25). The Labute approximate surface area is 158 Å². The lowest BCUT2D eigenvalue weighted by Crippen LogP contribution is -2.45. The zero-order valence-electron chi connectivity index (χ0n) is 15.4. The predicted molar refractivity (Wildman–Crippen MR) is 103 cm³/mol. The molecule has 5 nitrogen and oxygen atoms in total. The highest BCUT2D eigenvalue weighted by atomic mass is 35.5. The Kier molecular flexibility index (Phi) is 6.27. The second-order valence-electron chi connectivity index (χ2n) is 6.53. The summed E-state index contributed by atoms with van der Waals surface area (Å²) in [7, 11) is 1.57. The van der Waals surface area contributed by atoms with Crippen LogP contribution in [0.3, 0.4) is 0 Å². The molecule has 26 heavy (non-hydrogen) atoms. The molecule has 0 heterocycles. The van der Waals surface area contributed by atoms with Crippen LogP contribution in [0.4, 0.5) is 5.69 Å². The van der Waals surface area contributed by atoms with Crippen molar-refractivity contribution in [3.8, 4) is 5.75 Å². The first kappa shape index (κ1) is 19.8. The second kappa shape index (κ2) is 8.23. The largest absolute Gasteiger partial charge is 0.496 e. The van der Waals surface area contributed by atoms with E-state index in [9.17, 15) is 9.59 Å². The number of hydrogen-bond donors (Lipinski definition) is 2. The molecule has 0 bridgehead atoms. The Balaban J connectivity index is 2.06. The molecule has 0 spiro atoms. The van der Waals surface area contributed by atoms with Crippen molar-refractivity contribution in [2.45, 2.75) is 27.3 Å². The molecule has 138 valence electrons. The fraction of sp³-hybridized carbons (Fsp3) is 0.300. The van der Waals surface area contributed by atoms with E-state index in [0.29, 0.717) is 16.5 Å². The highest BCUT2D eigenvalue weighted by Crippen LogP contribution is 2.24. The van der Waals surface area contributed by atoms with Crippen molar-refractivity contribution >= 4 is 29.1 Å². The summed E-state index contributed by atoms with van der Waals surface area (Å²) in [4.78, 5) is 25.2. The van der Waals surface area contributed by atoms with Gasteiger partial charge in [0, 0.05) is 22.8 Å². The molecule has 0 saturated heterocycles. The number of methoxy groups -OCH3 is 1. The van der Waals surface area contributed by atoms with Crippen LogP contribution in [0.15, 0.2) is 42.5 Å². The number of nitrogens with one attached hydrogen (secondary N) is 2. The quantitative estimate of drug-likeness (QED) is 0.752. The van der Waals surface area contributed by atoms with Crippen LogP contribution in [0.1, 0.15) is 25.0 Å². The number of amides is 2. The lowest BCUT2D eigenvalue weighted by Gasteiger charge is -2.23. The van der Waals surface area contributed by atoms with Crippen molar-refractivity contribution in [3.05, 3.63) is 58.6 Å². The summed E-state index contributed by atoms with van der Waals surface area (Å²) in [5, 5.41) is 6.10. The van der Waals surface area contributed by atoms with E-state index in [1.165, 1.54) is 0 Å². The van der Waals surface area contributed by atoms with Gasteiger partial charge in [0.1, 0.15) is 11.2 Å². The zero-order valence-corrected chi connectivity index (χ0v) is 16.1. The molecule has 0 aliphatic carbocycles. The van der Waals surface area contributed by atoms with E-state index in [2.05, 4.69) is 10.6 Å². The fourth-order valence-corrected chi connectivity index (χ4v) is 2.53. The van der Waals surface area contributed by atoms with Crippen LogP contribution in [0.2, 0.25) is 5.02 Å². The van der Waals surface area contributed by atoms with Crippen molar-refractivity contribution in [1.82, 2.24) is 5.32 Å². The van der Waals surface area contributed by atoms with E-state index in [4.69, 9.17) is 16.3 Å². The highest BCUT2D eigenvalue weighted by molar-refractivity contribution is 6.31. The van der Waals surface area contributed by atoms with Crippen LogP contribution >= 0.6 is 11.6 Å². The number of aryl methyl sites for hydroxylation is 1. The summed E-state index contributed by atoms with van der Waals surface area (Å²) >= 11 is 5.98. The third-order valence-electron chi connectivity index (χ3n) is 4.22. The van der Waals surface area contributed by atoms with Crippen LogP contribution in [0.5, 0.6) is 5.75 Å². The molecule has 0 aliphatic heterocycles. The van der Waals surface area contributed by atoms with Gasteiger partial charge >= 0.3 is 0 Å². The Bertz CT molecular complexity index is 818. The van der Waals surface area contributed by atoms with E-state index in [0.717, 1.165) is 11.1 Å². The van der Waals surface area contributed by atoms with Gasteiger partial charge in [-0.25, -0.2) is 0 Å². The molecule has 2 amide bonds. The number of ether oxygens (including phenoxy) is 1. The number of carbonyl (C=O) groups excluding carboxylic acids is 2. The van der Waals surface area contributed by atoms with Gasteiger partial charge in [0.2, 0.25) is 11.8 Å². The summed E-state index contributed by atoms with van der Waals surface area (Å²) < 4.78 is 5.27. The maximum Gasteiger partial charge on any atom is 0.239 e. The average molecular weight is 375 g/mol. The van der Waals surface area contributed by atoms with Gasteiger partial charge in [-0.3, -0.25) is 9.59 Å². The summed E-state index contributed by atoms with van der Waals surface area (Å²) in [6.07, 6.45) is 0. The van der Waals surface area contributed by atoms with Gasteiger partial charge in [-0.2, -0.15) is 0 Å². The van der Waals surface area contributed by atoms with E-state index in [-0.39, 0.29) is 12.5 Å². The number of para-hydroxylation sites is 1. The molecule has 2 aromatic rings. The minimum Gasteiger partial charge on any atom is -0.496 e. The van der Waals surface area contributed by atoms with Crippen molar-refractivity contribution in [1.29, 1.82) is 0 Å². The van der Waals surface area contributed by atoms with E-state index < -0.39 is 11.3 Å². The van der Waals surface area contributed by atoms with Crippen molar-refractivity contribution in [2.24, 2.45) is 5.41 Å². The van der Waals surface area contributed by atoms with Crippen molar-refractivity contribution < 1.29 is 14.3 Å². The summed E-state index contributed by atoms with van der Waals surface area (Å²) in [5.41, 5.74) is 1.04. The van der Waals surface area contributed by atoms with Gasteiger partial charge in [0.05, 0.1) is 7.11 Å². The van der Waals surface area contributed by atoms with Crippen molar-refractivity contribution in [2.75, 3.05) is 12.4 Å². The Morgan fingerprint density at radius 3 is 2.50 bits per heavy atom. The fourth-order valence-electron chi connectivity index (χ4n) is 2.36. The van der Waals surface area contributed by atoms with E-state index >= 15 is 0 Å². The molecule has 0 atom stereocenters. The summed E-state index contributed by atoms with van der Waals surface area (Å²) in [5.74, 6) is -0.0920. The van der Waals surface area contributed by atoms with E-state index in [1.807, 2.05) is 37.3 Å². The smallest absolute Gasteiger partial charge is 0.239 e. The molecule has 6 heteroatoms. The maximum absolute atomic E-state index is 12.6. The monoisotopic (exact) mass is 374 g/mol. The number of carbonyl (C=O) groups is 2. The normalized spacial score (nSPS) is 11.0. The van der Waals surface area contributed by atoms with Crippen molar-refractivity contribution in [3.63, 3.8) is 0 Å². The first-order valence-electron chi connectivity index (χ1n) is 8.23. The van der Waals surface area contributed by atoms with Crippen LogP contribution in [-0.2, 0) is 16.1 Å². The lowest BCUT2D eigenvalue weighted by atomic mass is 9.90. The number of rotatable bonds is 6. The number of anilines is 1. The zero-order chi connectivity index (χ0) is 19.3. The van der Waals surface area contributed by atoms with Gasteiger partial charge in [0.25, 0.3) is 0 Å². The molecule has 2 N–H and O–H groups in total. The van der Waals surface area contributed by atoms with Gasteiger partial charge in [0.15, 0.2) is 0 Å². The topological polar surface area (TPSA) is 67.4 Å². The molecule has 0 aromatic heterocycles.